The van der Waals surface area contributed by atoms with E-state index in [0.717, 1.165) is 22.3 Å². The van der Waals surface area contributed by atoms with E-state index >= 15 is 0 Å². The van der Waals surface area contributed by atoms with Crippen molar-refractivity contribution in [2.75, 3.05) is 6.61 Å². The molecule has 0 fully saturated rings. The monoisotopic (exact) mass is 383 g/mol. The second-order valence-corrected chi connectivity index (χ2v) is 7.18. The number of carbonyl (C=O) groups excluding carboxylic acids is 1. The number of nitrogens with one attached hydrogen (secondary N) is 1. The number of hydrogen-bond donors (Lipinski definition) is 2. The van der Waals surface area contributed by atoms with Gasteiger partial charge in [-0.25, -0.2) is 9.59 Å². The van der Waals surface area contributed by atoms with E-state index in [1.54, 1.807) is 6.92 Å². The minimum absolute atomic E-state index is 0.0780. The van der Waals surface area contributed by atoms with Gasteiger partial charge in [-0.15, -0.1) is 0 Å². The summed E-state index contributed by atoms with van der Waals surface area (Å²) in [6.45, 7) is 5.36. The molecule has 1 aliphatic rings. The van der Waals surface area contributed by atoms with Gasteiger partial charge in [0.15, 0.2) is 6.04 Å². The number of hydrogen-bond acceptors (Lipinski definition) is 4. The molecule has 0 radical (unpaired) electrons. The third kappa shape index (κ3) is 4.17. The number of benzene rings is 2. The standard InChI is InChI=1S/C22H25NO5/c1-13(2)28-14(3)20(21(24)25)23-22(26)27-12-19-17-10-6-4-8-15(17)16-9-5-7-11-18(16)19/h4-11,13-14,19-20H,12H2,1-3H3,(H,23,26)(H,24,25)/t14-,20+/m1/s1. The molecule has 2 aromatic rings. The maximum atomic E-state index is 12.3. The molecule has 0 saturated carbocycles. The molecular weight excluding hydrogens is 358 g/mol. The number of carbonyl (C=O) groups is 2. The highest BCUT2D eigenvalue weighted by atomic mass is 16.6. The van der Waals surface area contributed by atoms with E-state index < -0.39 is 24.2 Å². The zero-order valence-electron chi connectivity index (χ0n) is 16.2. The number of amides is 1. The Balaban J connectivity index is 1.68. The highest BCUT2D eigenvalue weighted by Gasteiger charge is 2.31. The third-order valence-corrected chi connectivity index (χ3v) is 4.84. The molecular formula is C22H25NO5. The summed E-state index contributed by atoms with van der Waals surface area (Å²) < 4.78 is 10.9. The van der Waals surface area contributed by atoms with Crippen LogP contribution in [0.2, 0.25) is 0 Å². The second kappa shape index (κ2) is 8.44. The molecule has 0 aromatic heterocycles. The van der Waals surface area contributed by atoms with Crippen molar-refractivity contribution >= 4 is 12.1 Å². The van der Waals surface area contributed by atoms with Crippen LogP contribution in [0, 0.1) is 0 Å². The fraction of sp³-hybridized carbons (Fsp3) is 0.364. The average molecular weight is 383 g/mol. The zero-order valence-corrected chi connectivity index (χ0v) is 16.2. The summed E-state index contributed by atoms with van der Waals surface area (Å²) in [5.41, 5.74) is 4.47. The number of alkyl carbamates (subject to hydrolysis) is 1. The van der Waals surface area contributed by atoms with Crippen LogP contribution in [-0.4, -0.2) is 42.0 Å². The first-order chi connectivity index (χ1) is 13.4. The zero-order chi connectivity index (χ0) is 20.3. The first-order valence-electron chi connectivity index (χ1n) is 9.38. The maximum Gasteiger partial charge on any atom is 0.407 e. The van der Waals surface area contributed by atoms with Crippen LogP contribution in [0.1, 0.15) is 37.8 Å². The Labute approximate surface area is 164 Å². The van der Waals surface area contributed by atoms with E-state index in [-0.39, 0.29) is 18.6 Å². The Morgan fingerprint density at radius 2 is 1.54 bits per heavy atom. The van der Waals surface area contributed by atoms with Crippen molar-refractivity contribution in [3.8, 4) is 11.1 Å². The van der Waals surface area contributed by atoms with Crippen molar-refractivity contribution < 1.29 is 24.2 Å². The van der Waals surface area contributed by atoms with Crippen LogP contribution in [0.15, 0.2) is 48.5 Å². The van der Waals surface area contributed by atoms with Crippen LogP contribution in [0.3, 0.4) is 0 Å². The van der Waals surface area contributed by atoms with E-state index in [4.69, 9.17) is 9.47 Å². The lowest BCUT2D eigenvalue weighted by molar-refractivity contribution is -0.144. The molecule has 0 unspecified atom stereocenters. The summed E-state index contributed by atoms with van der Waals surface area (Å²) >= 11 is 0. The molecule has 2 aromatic carbocycles. The largest absolute Gasteiger partial charge is 0.480 e. The Kier molecular flexibility index (Phi) is 5.99. The third-order valence-electron chi connectivity index (χ3n) is 4.84. The number of aliphatic carboxylic acids is 1. The van der Waals surface area contributed by atoms with Gasteiger partial charge in [0.1, 0.15) is 6.61 Å². The maximum absolute atomic E-state index is 12.3. The van der Waals surface area contributed by atoms with Crippen molar-refractivity contribution in [2.24, 2.45) is 0 Å². The molecule has 148 valence electrons. The van der Waals surface area contributed by atoms with Crippen molar-refractivity contribution in [3.63, 3.8) is 0 Å². The summed E-state index contributed by atoms with van der Waals surface area (Å²) in [5.74, 6) is -1.24. The van der Waals surface area contributed by atoms with Gasteiger partial charge in [-0.1, -0.05) is 48.5 Å². The van der Waals surface area contributed by atoms with Crippen molar-refractivity contribution in [2.45, 2.75) is 44.9 Å². The number of ether oxygens (including phenoxy) is 2. The van der Waals surface area contributed by atoms with Gasteiger partial charge in [0.2, 0.25) is 0 Å². The van der Waals surface area contributed by atoms with Gasteiger partial charge in [-0.3, -0.25) is 0 Å². The summed E-state index contributed by atoms with van der Waals surface area (Å²) in [5, 5.41) is 11.8. The summed E-state index contributed by atoms with van der Waals surface area (Å²) in [6, 6.07) is 14.9. The molecule has 1 amide bonds. The number of rotatable bonds is 7. The van der Waals surface area contributed by atoms with Gasteiger partial charge >= 0.3 is 12.1 Å². The van der Waals surface area contributed by atoms with Gasteiger partial charge < -0.3 is 19.9 Å². The predicted octanol–water partition coefficient (Wildman–Crippen LogP) is 3.79. The Bertz CT molecular complexity index is 818. The minimum atomic E-state index is -1.18. The fourth-order valence-electron chi connectivity index (χ4n) is 3.65. The van der Waals surface area contributed by atoms with Gasteiger partial charge in [-0.05, 0) is 43.0 Å². The Morgan fingerprint density at radius 3 is 2.04 bits per heavy atom. The van der Waals surface area contributed by atoms with E-state index in [9.17, 15) is 14.7 Å². The lowest BCUT2D eigenvalue weighted by Crippen LogP contribution is -2.49. The van der Waals surface area contributed by atoms with Gasteiger partial charge in [-0.2, -0.15) is 0 Å². The summed E-state index contributed by atoms with van der Waals surface area (Å²) in [4.78, 5) is 23.8. The molecule has 6 nitrogen and oxygen atoms in total. The number of fused-ring (bicyclic) bond motifs is 3. The predicted molar refractivity (Wildman–Crippen MR) is 105 cm³/mol. The molecule has 6 heteroatoms. The van der Waals surface area contributed by atoms with Crippen molar-refractivity contribution in [3.05, 3.63) is 59.7 Å². The number of carboxylic acids is 1. The van der Waals surface area contributed by atoms with Crippen molar-refractivity contribution in [1.82, 2.24) is 5.32 Å². The first-order valence-corrected chi connectivity index (χ1v) is 9.38. The molecule has 0 bridgehead atoms. The molecule has 2 N–H and O–H groups in total. The first kappa shape index (κ1) is 19.9. The molecule has 1 aliphatic carbocycles. The lowest BCUT2D eigenvalue weighted by atomic mass is 9.98. The van der Waals surface area contributed by atoms with Crippen LogP contribution in [0.5, 0.6) is 0 Å². The molecule has 0 heterocycles. The van der Waals surface area contributed by atoms with E-state index in [2.05, 4.69) is 17.4 Å². The minimum Gasteiger partial charge on any atom is -0.480 e. The number of carboxylic acid groups (broad SMARTS) is 1. The topological polar surface area (TPSA) is 84.9 Å². The Morgan fingerprint density at radius 1 is 1.00 bits per heavy atom. The van der Waals surface area contributed by atoms with E-state index in [1.165, 1.54) is 0 Å². The molecule has 3 rings (SSSR count). The van der Waals surface area contributed by atoms with Crippen LogP contribution in [0.25, 0.3) is 11.1 Å². The van der Waals surface area contributed by atoms with Crippen LogP contribution in [0.4, 0.5) is 4.79 Å². The summed E-state index contributed by atoms with van der Waals surface area (Å²) in [7, 11) is 0. The highest BCUT2D eigenvalue weighted by molar-refractivity contribution is 5.81. The smallest absolute Gasteiger partial charge is 0.407 e. The van der Waals surface area contributed by atoms with Gasteiger partial charge in [0.05, 0.1) is 12.2 Å². The highest BCUT2D eigenvalue weighted by Crippen LogP contribution is 2.44. The van der Waals surface area contributed by atoms with Crippen LogP contribution in [-0.2, 0) is 14.3 Å². The summed E-state index contributed by atoms with van der Waals surface area (Å²) in [6.07, 6.45) is -1.60. The normalized spacial score (nSPS) is 14.9. The van der Waals surface area contributed by atoms with E-state index in [1.807, 2.05) is 50.2 Å². The van der Waals surface area contributed by atoms with Crippen LogP contribution < -0.4 is 5.32 Å². The van der Waals surface area contributed by atoms with Crippen molar-refractivity contribution in [1.29, 1.82) is 0 Å². The molecule has 0 spiro atoms. The molecule has 28 heavy (non-hydrogen) atoms. The van der Waals surface area contributed by atoms with Gasteiger partial charge in [0, 0.05) is 5.92 Å². The fourth-order valence-corrected chi connectivity index (χ4v) is 3.65. The molecule has 0 aliphatic heterocycles. The SMILES string of the molecule is CC(C)O[C@H](C)[C@H](NC(=O)OCC1c2ccccc2-c2ccccc21)C(=O)O. The van der Waals surface area contributed by atoms with Crippen LogP contribution >= 0.6 is 0 Å². The quantitative estimate of drug-likeness (QED) is 0.760. The Hall–Kier alpha value is -2.86. The van der Waals surface area contributed by atoms with E-state index in [0.29, 0.717) is 0 Å². The molecule has 0 saturated heterocycles. The molecule has 2 atom stereocenters. The average Bonchev–Trinajstić information content (AvgIpc) is 2.97. The lowest BCUT2D eigenvalue weighted by Gasteiger charge is -2.23. The van der Waals surface area contributed by atoms with Gasteiger partial charge in [0.25, 0.3) is 0 Å². The second-order valence-electron chi connectivity index (χ2n) is 7.18.